The SMILES string of the molecule is C=CC.C=CC.CC(N)=O. The zero-order chi connectivity index (χ0) is 8.99. The van der Waals surface area contributed by atoms with Crippen molar-refractivity contribution in [3.8, 4) is 0 Å². The number of hydrogen-bond donors (Lipinski definition) is 1. The van der Waals surface area contributed by atoms with Gasteiger partial charge in [0, 0.05) is 6.92 Å². The van der Waals surface area contributed by atoms with E-state index < -0.39 is 0 Å². The molecular weight excluding hydrogens is 126 g/mol. The van der Waals surface area contributed by atoms with E-state index in [1.807, 2.05) is 13.8 Å². The first-order valence-electron chi connectivity index (χ1n) is 2.96. The molecule has 1 amide bonds. The molecule has 0 aliphatic rings. The highest BCUT2D eigenvalue weighted by Gasteiger charge is 1.61. The molecule has 10 heavy (non-hydrogen) atoms. The Bertz CT molecular complexity index is 77.3. The lowest BCUT2D eigenvalue weighted by molar-refractivity contribution is -0.115. The van der Waals surface area contributed by atoms with Gasteiger partial charge in [0.15, 0.2) is 0 Å². The summed E-state index contributed by atoms with van der Waals surface area (Å²) in [5, 5.41) is 0. The van der Waals surface area contributed by atoms with Crippen molar-refractivity contribution in [1.29, 1.82) is 0 Å². The van der Waals surface area contributed by atoms with Gasteiger partial charge in [-0.15, -0.1) is 13.2 Å². The zero-order valence-corrected chi connectivity index (χ0v) is 7.05. The average Bonchev–Trinajstić information content (AvgIpc) is 1.65. The Kier molecular flexibility index (Phi) is 39.3. The maximum absolute atomic E-state index is 9.22. The molecule has 2 heteroatoms. The summed E-state index contributed by atoms with van der Waals surface area (Å²) in [4.78, 5) is 9.22. The third-order valence-corrected chi connectivity index (χ3v) is 0. The second kappa shape index (κ2) is 24.6. The van der Waals surface area contributed by atoms with E-state index >= 15 is 0 Å². The van der Waals surface area contributed by atoms with Crippen LogP contribution >= 0.6 is 0 Å². The molecular formula is C8H17NO. The molecule has 0 radical (unpaired) electrons. The van der Waals surface area contributed by atoms with Gasteiger partial charge in [0.1, 0.15) is 0 Å². The van der Waals surface area contributed by atoms with Gasteiger partial charge in [-0.1, -0.05) is 12.2 Å². The molecule has 2 N–H and O–H groups in total. The number of nitrogens with two attached hydrogens (primary N) is 1. The average molecular weight is 143 g/mol. The molecule has 60 valence electrons. The predicted molar refractivity (Wildman–Crippen MR) is 46.6 cm³/mol. The van der Waals surface area contributed by atoms with Crippen LogP contribution in [0.2, 0.25) is 0 Å². The van der Waals surface area contributed by atoms with Gasteiger partial charge < -0.3 is 5.73 Å². The van der Waals surface area contributed by atoms with E-state index in [0.717, 1.165) is 0 Å². The Balaban J connectivity index is -0.0000000750. The summed E-state index contributed by atoms with van der Waals surface area (Å²) < 4.78 is 0. The Hall–Kier alpha value is -1.05. The van der Waals surface area contributed by atoms with Gasteiger partial charge in [0.2, 0.25) is 5.91 Å². The maximum Gasteiger partial charge on any atom is 0.214 e. The molecule has 0 fully saturated rings. The first-order valence-corrected chi connectivity index (χ1v) is 2.96. The second-order valence-corrected chi connectivity index (χ2v) is 1.43. The van der Waals surface area contributed by atoms with Crippen LogP contribution in [0.3, 0.4) is 0 Å². The maximum atomic E-state index is 9.22. The van der Waals surface area contributed by atoms with Crippen molar-refractivity contribution in [2.24, 2.45) is 5.73 Å². The second-order valence-electron chi connectivity index (χ2n) is 1.43. The van der Waals surface area contributed by atoms with E-state index in [9.17, 15) is 4.79 Å². The first kappa shape index (κ1) is 16.0. The van der Waals surface area contributed by atoms with Gasteiger partial charge in [0.25, 0.3) is 0 Å². The van der Waals surface area contributed by atoms with Crippen LogP contribution in [-0.4, -0.2) is 5.91 Å². The van der Waals surface area contributed by atoms with Crippen LogP contribution in [0.1, 0.15) is 20.8 Å². The molecule has 0 saturated heterocycles. The van der Waals surface area contributed by atoms with Gasteiger partial charge >= 0.3 is 0 Å². The van der Waals surface area contributed by atoms with Crippen LogP contribution in [-0.2, 0) is 4.79 Å². The van der Waals surface area contributed by atoms with Crippen LogP contribution in [0.5, 0.6) is 0 Å². The van der Waals surface area contributed by atoms with Crippen LogP contribution in [0.25, 0.3) is 0 Å². The molecule has 0 spiro atoms. The summed E-state index contributed by atoms with van der Waals surface area (Å²) >= 11 is 0. The number of carbonyl (C=O) groups is 1. The third kappa shape index (κ3) is 223. The highest BCUT2D eigenvalue weighted by atomic mass is 16.1. The first-order chi connectivity index (χ1) is 4.56. The molecule has 2 nitrogen and oxygen atoms in total. The summed E-state index contributed by atoms with van der Waals surface area (Å²) in [6.07, 6.45) is 3.50. The topological polar surface area (TPSA) is 43.1 Å². The fourth-order valence-electron chi connectivity index (χ4n) is 0. The lowest BCUT2D eigenvalue weighted by Crippen LogP contribution is -2.01. The smallest absolute Gasteiger partial charge is 0.214 e. The highest BCUT2D eigenvalue weighted by Crippen LogP contribution is 1.38. The summed E-state index contributed by atoms with van der Waals surface area (Å²) in [7, 11) is 0. The van der Waals surface area contributed by atoms with Crippen molar-refractivity contribution in [2.75, 3.05) is 0 Å². The molecule has 0 unspecified atom stereocenters. The van der Waals surface area contributed by atoms with Crippen LogP contribution in [0.4, 0.5) is 0 Å². The minimum Gasteiger partial charge on any atom is -0.370 e. The molecule has 0 bridgehead atoms. The lowest BCUT2D eigenvalue weighted by atomic mass is 10.8. The fraction of sp³-hybridized carbons (Fsp3) is 0.375. The highest BCUT2D eigenvalue weighted by molar-refractivity contribution is 5.70. The molecule has 0 aromatic rings. The number of primary amides is 1. The summed E-state index contributed by atoms with van der Waals surface area (Å²) in [5.74, 6) is -0.333. The standard InChI is InChI=1S/2C3H6.C2H5NO/c2*1-3-2;1-2(3)4/h2*3H,1H2,2H3;1H3,(H2,3,4). The van der Waals surface area contributed by atoms with E-state index in [0.29, 0.717) is 0 Å². The summed E-state index contributed by atoms with van der Waals surface area (Å²) in [6, 6.07) is 0. The molecule has 0 saturated carbocycles. The molecule has 0 rings (SSSR count). The number of amides is 1. The van der Waals surface area contributed by atoms with Gasteiger partial charge in [-0.3, -0.25) is 4.79 Å². The Labute approximate surface area is 63.4 Å². The molecule has 0 aliphatic heterocycles. The van der Waals surface area contributed by atoms with Gasteiger partial charge in [-0.05, 0) is 13.8 Å². The fourth-order valence-corrected chi connectivity index (χ4v) is 0. The zero-order valence-electron chi connectivity index (χ0n) is 7.05. The number of rotatable bonds is 0. The number of hydrogen-bond acceptors (Lipinski definition) is 1. The van der Waals surface area contributed by atoms with Crippen LogP contribution in [0, 0.1) is 0 Å². The minimum absolute atomic E-state index is 0.333. The minimum atomic E-state index is -0.333. The lowest BCUT2D eigenvalue weighted by Gasteiger charge is -1.60. The van der Waals surface area contributed by atoms with E-state index in [-0.39, 0.29) is 5.91 Å². The van der Waals surface area contributed by atoms with Gasteiger partial charge in [-0.25, -0.2) is 0 Å². The van der Waals surface area contributed by atoms with Crippen molar-refractivity contribution < 1.29 is 4.79 Å². The van der Waals surface area contributed by atoms with E-state index in [2.05, 4.69) is 18.9 Å². The number of allylic oxidation sites excluding steroid dienone is 2. The van der Waals surface area contributed by atoms with Crippen LogP contribution in [0.15, 0.2) is 25.3 Å². The summed E-state index contributed by atoms with van der Waals surface area (Å²) in [6.45, 7) is 11.8. The Morgan fingerprint density at radius 1 is 1.30 bits per heavy atom. The summed E-state index contributed by atoms with van der Waals surface area (Å²) in [5.41, 5.74) is 4.47. The Morgan fingerprint density at radius 3 is 1.30 bits per heavy atom. The van der Waals surface area contributed by atoms with Crippen molar-refractivity contribution in [3.05, 3.63) is 25.3 Å². The van der Waals surface area contributed by atoms with E-state index in [1.165, 1.54) is 6.92 Å². The molecule has 0 aliphatic carbocycles. The van der Waals surface area contributed by atoms with Crippen LogP contribution < -0.4 is 5.73 Å². The third-order valence-electron chi connectivity index (χ3n) is 0. The van der Waals surface area contributed by atoms with Crippen molar-refractivity contribution >= 4 is 5.91 Å². The van der Waals surface area contributed by atoms with Gasteiger partial charge in [-0.2, -0.15) is 0 Å². The quantitative estimate of drug-likeness (QED) is 0.517. The van der Waals surface area contributed by atoms with Gasteiger partial charge in [0.05, 0.1) is 0 Å². The molecule has 0 aromatic carbocycles. The predicted octanol–water partition coefficient (Wildman–Crippen LogP) is 1.88. The molecule has 0 heterocycles. The van der Waals surface area contributed by atoms with Crippen molar-refractivity contribution in [2.45, 2.75) is 20.8 Å². The Morgan fingerprint density at radius 2 is 1.30 bits per heavy atom. The van der Waals surface area contributed by atoms with Crippen molar-refractivity contribution in [3.63, 3.8) is 0 Å². The monoisotopic (exact) mass is 143 g/mol. The van der Waals surface area contributed by atoms with E-state index in [4.69, 9.17) is 0 Å². The normalized spacial score (nSPS) is 5.10. The molecule has 0 atom stereocenters. The number of carbonyl (C=O) groups excluding carboxylic acids is 1. The van der Waals surface area contributed by atoms with Crippen molar-refractivity contribution in [1.82, 2.24) is 0 Å². The largest absolute Gasteiger partial charge is 0.370 e. The van der Waals surface area contributed by atoms with E-state index in [1.54, 1.807) is 12.2 Å². The molecule has 0 aromatic heterocycles.